The van der Waals surface area contributed by atoms with Gasteiger partial charge in [-0.25, -0.2) is 0 Å². The molecular formula is C13H22NO2+. The van der Waals surface area contributed by atoms with E-state index < -0.39 is 0 Å². The third-order valence-corrected chi connectivity index (χ3v) is 3.42. The number of hydroxylamine groups is 1. The van der Waals surface area contributed by atoms with Crippen molar-refractivity contribution < 1.29 is 14.4 Å². The molecule has 0 aromatic rings. The van der Waals surface area contributed by atoms with Gasteiger partial charge in [0.15, 0.2) is 18.9 Å². The molecule has 1 atom stereocenters. The van der Waals surface area contributed by atoms with Crippen LogP contribution in [0.2, 0.25) is 0 Å². The summed E-state index contributed by atoms with van der Waals surface area (Å²) in [7, 11) is 0. The first-order valence-electron chi connectivity index (χ1n) is 6.63. The maximum atomic E-state index is 11.5. The molecule has 16 heavy (non-hydrogen) atoms. The highest BCUT2D eigenvalue weighted by molar-refractivity contribution is 5.78. The van der Waals surface area contributed by atoms with Crippen molar-refractivity contribution in [2.75, 3.05) is 6.54 Å². The molecule has 2 bridgehead atoms. The molecule has 0 spiro atoms. The van der Waals surface area contributed by atoms with Crippen LogP contribution in [0.3, 0.4) is 0 Å². The van der Waals surface area contributed by atoms with E-state index in [0.29, 0.717) is 11.9 Å². The lowest BCUT2D eigenvalue weighted by atomic mass is 10.0. The average molecular weight is 224 g/mol. The summed E-state index contributed by atoms with van der Waals surface area (Å²) in [5.41, 5.74) is 0. The molecule has 0 aromatic carbocycles. The van der Waals surface area contributed by atoms with Crippen molar-refractivity contribution in [2.24, 2.45) is 0 Å². The molecule has 3 heteroatoms. The van der Waals surface area contributed by atoms with Crippen molar-refractivity contribution in [3.05, 3.63) is 0 Å². The van der Waals surface area contributed by atoms with E-state index in [9.17, 15) is 4.79 Å². The first-order valence-corrected chi connectivity index (χ1v) is 6.63. The molecule has 1 saturated heterocycles. The van der Waals surface area contributed by atoms with E-state index in [1.165, 1.54) is 0 Å². The molecule has 2 aliphatic rings. The Balaban J connectivity index is 1.81. The van der Waals surface area contributed by atoms with Gasteiger partial charge in [0, 0.05) is 19.3 Å². The Hall–Kier alpha value is -0.860. The number of ketones is 1. The van der Waals surface area contributed by atoms with Crippen LogP contribution in [0, 0.1) is 0 Å². The Labute approximate surface area is 97.4 Å². The maximum absolute atomic E-state index is 11.5. The van der Waals surface area contributed by atoms with Crippen molar-refractivity contribution in [1.29, 1.82) is 0 Å². The summed E-state index contributed by atoms with van der Waals surface area (Å²) in [6.07, 6.45) is 11.8. The molecule has 1 fully saturated rings. The molecule has 3 nitrogen and oxygen atoms in total. The summed E-state index contributed by atoms with van der Waals surface area (Å²) in [6, 6.07) is 0. The van der Waals surface area contributed by atoms with Gasteiger partial charge in [-0.3, -0.25) is 9.63 Å². The van der Waals surface area contributed by atoms with Gasteiger partial charge >= 0.3 is 0 Å². The van der Waals surface area contributed by atoms with Crippen LogP contribution < -0.4 is 0 Å². The van der Waals surface area contributed by atoms with Gasteiger partial charge in [0.05, 0.1) is 6.42 Å². The third kappa shape index (κ3) is 3.62. The molecule has 2 heterocycles. The lowest BCUT2D eigenvalue weighted by molar-refractivity contribution is -0.784. The maximum Gasteiger partial charge on any atom is 0.196 e. The minimum Gasteiger partial charge on any atom is -0.300 e. The summed E-state index contributed by atoms with van der Waals surface area (Å²) in [5, 5.41) is 0. The van der Waals surface area contributed by atoms with Gasteiger partial charge < -0.3 is 0 Å². The second-order valence-corrected chi connectivity index (χ2v) is 4.88. The zero-order chi connectivity index (χ0) is 11.2. The number of nitrogens with zero attached hydrogens (tertiary/aromatic N) is 1. The summed E-state index contributed by atoms with van der Waals surface area (Å²) in [6.45, 7) is 0.991. The SMILES string of the molecule is O=C1CCCCC[N+]2=CCC(CCCC1)O2. The molecule has 0 amide bonds. The lowest BCUT2D eigenvalue weighted by Gasteiger charge is -2.05. The van der Waals surface area contributed by atoms with Crippen LogP contribution in [0.4, 0.5) is 0 Å². The van der Waals surface area contributed by atoms with E-state index in [4.69, 9.17) is 4.84 Å². The fourth-order valence-electron chi connectivity index (χ4n) is 2.41. The van der Waals surface area contributed by atoms with E-state index >= 15 is 0 Å². The average Bonchev–Trinajstić information content (AvgIpc) is 2.72. The fourth-order valence-corrected chi connectivity index (χ4v) is 2.41. The number of carbonyl (C=O) groups excluding carboxylic acids is 1. The second kappa shape index (κ2) is 6.02. The van der Waals surface area contributed by atoms with E-state index in [1.54, 1.807) is 0 Å². The van der Waals surface area contributed by atoms with E-state index in [-0.39, 0.29) is 0 Å². The summed E-state index contributed by atoms with van der Waals surface area (Å²) >= 11 is 0. The lowest BCUT2D eigenvalue weighted by Crippen LogP contribution is -2.14. The zero-order valence-electron chi connectivity index (χ0n) is 9.99. The Morgan fingerprint density at radius 3 is 2.81 bits per heavy atom. The second-order valence-electron chi connectivity index (χ2n) is 4.88. The molecule has 0 aromatic heterocycles. The normalized spacial score (nSPS) is 28.4. The Bertz CT molecular complexity index is 273. The molecule has 2 rings (SSSR count). The molecule has 0 radical (unpaired) electrons. The van der Waals surface area contributed by atoms with Crippen LogP contribution in [0.15, 0.2) is 0 Å². The highest BCUT2D eigenvalue weighted by Gasteiger charge is 2.24. The number of Topliss-reactive ketones (excluding diaryl/α,β-unsaturated/α-hetero) is 1. The van der Waals surface area contributed by atoms with Crippen molar-refractivity contribution >= 4 is 12.0 Å². The minimum atomic E-state index is 0.371. The fraction of sp³-hybridized carbons (Fsp3) is 0.846. The van der Waals surface area contributed by atoms with Crippen LogP contribution in [0.5, 0.6) is 0 Å². The molecule has 0 saturated carbocycles. The molecule has 0 aliphatic carbocycles. The van der Waals surface area contributed by atoms with Crippen molar-refractivity contribution in [1.82, 2.24) is 0 Å². The van der Waals surface area contributed by atoms with Gasteiger partial charge in [0.1, 0.15) is 5.78 Å². The van der Waals surface area contributed by atoms with E-state index in [1.807, 2.05) is 4.74 Å². The summed E-state index contributed by atoms with van der Waals surface area (Å²) in [4.78, 5) is 17.3. The van der Waals surface area contributed by atoms with Gasteiger partial charge in [-0.1, -0.05) is 0 Å². The molecule has 90 valence electrons. The number of hydrogen-bond acceptors (Lipinski definition) is 2. The topological polar surface area (TPSA) is 29.3 Å². The largest absolute Gasteiger partial charge is 0.300 e. The van der Waals surface area contributed by atoms with Crippen LogP contribution in [-0.2, 0) is 9.63 Å². The van der Waals surface area contributed by atoms with Gasteiger partial charge in [-0.05, 0) is 36.8 Å². The minimum absolute atomic E-state index is 0.371. The van der Waals surface area contributed by atoms with Crippen molar-refractivity contribution in [2.45, 2.75) is 63.9 Å². The Kier molecular flexibility index (Phi) is 4.37. The number of hydrogen-bond donors (Lipinski definition) is 0. The highest BCUT2D eigenvalue weighted by atomic mass is 16.7. The first-order chi connectivity index (χ1) is 7.84. The van der Waals surface area contributed by atoms with Gasteiger partial charge in [-0.2, -0.15) is 0 Å². The van der Waals surface area contributed by atoms with Crippen molar-refractivity contribution in [3.8, 4) is 0 Å². The van der Waals surface area contributed by atoms with Crippen LogP contribution in [-0.4, -0.2) is 29.4 Å². The first kappa shape index (κ1) is 11.6. The zero-order valence-corrected chi connectivity index (χ0v) is 9.99. The number of fused-ring (bicyclic) bond motifs is 2. The Morgan fingerprint density at radius 2 is 1.94 bits per heavy atom. The molecular weight excluding hydrogens is 202 g/mol. The van der Waals surface area contributed by atoms with Crippen LogP contribution in [0.25, 0.3) is 0 Å². The summed E-state index contributed by atoms with van der Waals surface area (Å²) in [5.74, 6) is 0.456. The highest BCUT2D eigenvalue weighted by Crippen LogP contribution is 2.16. The predicted octanol–water partition coefficient (Wildman–Crippen LogP) is 2.48. The van der Waals surface area contributed by atoms with E-state index in [0.717, 1.165) is 64.3 Å². The van der Waals surface area contributed by atoms with E-state index in [2.05, 4.69) is 6.21 Å². The van der Waals surface area contributed by atoms with Gasteiger partial charge in [-0.15, -0.1) is 0 Å². The van der Waals surface area contributed by atoms with Crippen LogP contribution >= 0.6 is 0 Å². The molecule has 2 aliphatic heterocycles. The van der Waals surface area contributed by atoms with Crippen molar-refractivity contribution in [3.63, 3.8) is 0 Å². The van der Waals surface area contributed by atoms with Gasteiger partial charge in [0.25, 0.3) is 0 Å². The standard InChI is InChI=1S/C13H22NO2/c15-12-6-2-1-5-10-14-11-9-13(16-14)8-4-3-7-12/h11,13H,1-10H2/q+1. The smallest absolute Gasteiger partial charge is 0.196 e. The third-order valence-electron chi connectivity index (χ3n) is 3.42. The van der Waals surface area contributed by atoms with Gasteiger partial charge in [0.2, 0.25) is 0 Å². The Morgan fingerprint density at radius 1 is 1.12 bits per heavy atom. The molecule has 1 unspecified atom stereocenters. The number of carbonyl (C=O) groups is 1. The number of rotatable bonds is 0. The van der Waals surface area contributed by atoms with Crippen LogP contribution in [0.1, 0.15) is 57.8 Å². The monoisotopic (exact) mass is 224 g/mol. The predicted molar refractivity (Wildman–Crippen MR) is 62.6 cm³/mol. The quantitative estimate of drug-likeness (QED) is 0.592. The molecule has 0 N–H and O–H groups in total. The summed E-state index contributed by atoms with van der Waals surface area (Å²) < 4.78 is 2.00.